The molecule has 1 aromatic heterocycles. The summed E-state index contributed by atoms with van der Waals surface area (Å²) < 4.78 is 10.5. The maximum Gasteiger partial charge on any atom is 0.356 e. The summed E-state index contributed by atoms with van der Waals surface area (Å²) in [5.41, 5.74) is 4.21. The van der Waals surface area contributed by atoms with E-state index in [1.807, 2.05) is 25.2 Å². The number of benzene rings is 2. The van der Waals surface area contributed by atoms with Crippen LogP contribution >= 0.6 is 0 Å². The molecule has 0 bridgehead atoms. The highest BCUT2D eigenvalue weighted by molar-refractivity contribution is 5.91. The summed E-state index contributed by atoms with van der Waals surface area (Å²) in [6, 6.07) is 15.8. The van der Waals surface area contributed by atoms with Crippen molar-refractivity contribution in [2.24, 2.45) is 0 Å². The fourth-order valence-corrected chi connectivity index (χ4v) is 3.67. The van der Waals surface area contributed by atoms with Gasteiger partial charge in [-0.25, -0.2) is 14.3 Å². The zero-order valence-corrected chi connectivity index (χ0v) is 19.3. The number of anilines is 1. The quantitative estimate of drug-likeness (QED) is 0.614. The highest BCUT2D eigenvalue weighted by atomic mass is 16.5. The predicted molar refractivity (Wildman–Crippen MR) is 126 cm³/mol. The van der Waals surface area contributed by atoms with Crippen LogP contribution in [0, 0.1) is 0 Å². The molecule has 1 aliphatic heterocycles. The largest absolute Gasteiger partial charge is 0.465 e. The van der Waals surface area contributed by atoms with Gasteiger partial charge < -0.3 is 14.4 Å². The minimum atomic E-state index is -0.563. The van der Waals surface area contributed by atoms with Crippen LogP contribution in [0.4, 0.5) is 5.69 Å². The van der Waals surface area contributed by atoms with Gasteiger partial charge in [0.05, 0.1) is 25.5 Å². The van der Waals surface area contributed by atoms with Crippen molar-refractivity contribution in [2.75, 3.05) is 26.2 Å². The van der Waals surface area contributed by atoms with E-state index in [2.05, 4.69) is 35.2 Å². The van der Waals surface area contributed by atoms with Crippen molar-refractivity contribution in [1.29, 1.82) is 0 Å². The lowest BCUT2D eigenvalue weighted by Gasteiger charge is -2.22. The highest BCUT2D eigenvalue weighted by Crippen LogP contribution is 2.46. The number of hydrogen-bond acceptors (Lipinski definition) is 6. The second kappa shape index (κ2) is 9.20. The van der Waals surface area contributed by atoms with E-state index in [1.165, 1.54) is 25.0 Å². The molecule has 1 aliphatic rings. The molecule has 0 saturated carbocycles. The van der Waals surface area contributed by atoms with Gasteiger partial charge in [-0.1, -0.05) is 38.6 Å². The van der Waals surface area contributed by atoms with Gasteiger partial charge in [0, 0.05) is 29.9 Å². The first kappa shape index (κ1) is 23.6. The number of carbonyl (C=O) groups excluding carboxylic acids is 2. The molecule has 1 N–H and O–H groups in total. The predicted octanol–water partition coefficient (Wildman–Crippen LogP) is 3.67. The number of aromatic nitrogens is 2. The van der Waals surface area contributed by atoms with Gasteiger partial charge in [-0.15, -0.1) is 0 Å². The van der Waals surface area contributed by atoms with Gasteiger partial charge in [-0.2, -0.15) is 0 Å². The number of esters is 2. The number of aromatic amines is 1. The van der Waals surface area contributed by atoms with Gasteiger partial charge in [-0.05, 0) is 35.9 Å². The van der Waals surface area contributed by atoms with Crippen LogP contribution < -0.4 is 10.5 Å². The molecule has 0 radical (unpaired) electrons. The van der Waals surface area contributed by atoms with E-state index < -0.39 is 5.97 Å². The molecule has 8 nitrogen and oxygen atoms in total. The van der Waals surface area contributed by atoms with Crippen molar-refractivity contribution in [3.63, 3.8) is 0 Å². The fraction of sp³-hybridized carbons (Fsp3) is 0.240. The van der Waals surface area contributed by atoms with Gasteiger partial charge >= 0.3 is 11.9 Å². The molecule has 0 unspecified atom stereocenters. The van der Waals surface area contributed by atoms with Crippen LogP contribution in [0.25, 0.3) is 5.69 Å². The van der Waals surface area contributed by atoms with Crippen LogP contribution in [-0.2, 0) is 14.9 Å². The molecule has 2 heterocycles. The summed E-state index contributed by atoms with van der Waals surface area (Å²) in [5, 5.41) is 2.68. The molecule has 33 heavy (non-hydrogen) atoms. The number of para-hydroxylation sites is 1. The zero-order valence-electron chi connectivity index (χ0n) is 19.3. The van der Waals surface area contributed by atoms with Crippen molar-refractivity contribution in [3.8, 4) is 5.69 Å². The topological polar surface area (TPSA) is 93.6 Å². The van der Waals surface area contributed by atoms with Crippen molar-refractivity contribution in [2.45, 2.75) is 19.3 Å². The smallest absolute Gasteiger partial charge is 0.356 e. The average molecular weight is 450 g/mol. The third-order valence-electron chi connectivity index (χ3n) is 5.72. The molecule has 4 rings (SSSR count). The lowest BCUT2D eigenvalue weighted by Crippen LogP contribution is -2.21. The van der Waals surface area contributed by atoms with E-state index >= 15 is 0 Å². The summed E-state index contributed by atoms with van der Waals surface area (Å²) in [7, 11) is 4.65. The van der Waals surface area contributed by atoms with E-state index in [0.29, 0.717) is 11.3 Å². The van der Waals surface area contributed by atoms with Gasteiger partial charge in [0.15, 0.2) is 0 Å². The van der Waals surface area contributed by atoms with Crippen molar-refractivity contribution in [1.82, 2.24) is 9.78 Å². The second-order valence-corrected chi connectivity index (χ2v) is 8.02. The van der Waals surface area contributed by atoms with Crippen molar-refractivity contribution in [3.05, 3.63) is 94.0 Å². The molecule has 0 spiro atoms. The van der Waals surface area contributed by atoms with E-state index in [4.69, 9.17) is 4.74 Å². The summed E-state index contributed by atoms with van der Waals surface area (Å²) >= 11 is 0. The molecule has 2 aromatic carbocycles. The summed E-state index contributed by atoms with van der Waals surface area (Å²) in [5.74, 6) is -0.865. The van der Waals surface area contributed by atoms with Crippen molar-refractivity contribution >= 4 is 17.6 Å². The highest BCUT2D eigenvalue weighted by Gasteiger charge is 2.37. The first-order chi connectivity index (χ1) is 15.6. The third-order valence-corrected chi connectivity index (χ3v) is 5.72. The van der Waals surface area contributed by atoms with Gasteiger partial charge in [0.2, 0.25) is 0 Å². The van der Waals surface area contributed by atoms with Gasteiger partial charge in [-0.3, -0.25) is 9.89 Å². The van der Waals surface area contributed by atoms with Crippen LogP contribution in [0.15, 0.2) is 71.7 Å². The van der Waals surface area contributed by atoms with E-state index in [1.54, 1.807) is 30.3 Å². The van der Waals surface area contributed by atoms with Crippen LogP contribution in [-0.4, -0.2) is 43.0 Å². The number of methoxy groups -OCH3 is 2. The third kappa shape index (κ3) is 4.45. The fourth-order valence-electron chi connectivity index (χ4n) is 3.67. The van der Waals surface area contributed by atoms with Crippen LogP contribution in [0.3, 0.4) is 0 Å². The number of fused-ring (bicyclic) bond motifs is 1. The Balaban J connectivity index is 0.000000186. The minimum absolute atomic E-state index is 0.136. The Bertz CT molecular complexity index is 1250. The Kier molecular flexibility index (Phi) is 6.57. The number of carbonyl (C=O) groups is 2. The standard InChI is InChI=1S/C14H17NO2.C11H10N2O3/c1-9-14(2,3)11-8-10(13(16)17-5)6-7-12(11)15(9)4;1-16-11(15)9-7-10(14)13(12-9)8-5-3-2-4-6-8/h6-8H,1H2,2-5H3;2-7,12H,1H3. The Hall–Kier alpha value is -4.07. The first-order valence-electron chi connectivity index (χ1n) is 10.2. The monoisotopic (exact) mass is 449 g/mol. The maximum absolute atomic E-state index is 11.6. The SMILES string of the molecule is C=C1N(C)c2ccc(C(=O)OC)cc2C1(C)C.COC(=O)c1cc(=O)n(-c2ccccc2)[nH]1. The summed E-state index contributed by atoms with van der Waals surface area (Å²) in [6.45, 7) is 8.33. The number of H-pyrrole nitrogens is 1. The number of nitrogens with one attached hydrogen (secondary N) is 1. The lowest BCUT2D eigenvalue weighted by atomic mass is 9.84. The normalized spacial score (nSPS) is 13.6. The Morgan fingerprint density at radius 1 is 0.970 bits per heavy atom. The Morgan fingerprint density at radius 2 is 1.61 bits per heavy atom. The van der Waals surface area contributed by atoms with E-state index in [0.717, 1.165) is 16.9 Å². The van der Waals surface area contributed by atoms with Crippen LogP contribution in [0.1, 0.15) is 40.3 Å². The maximum atomic E-state index is 11.6. The number of ether oxygens (including phenoxy) is 2. The second-order valence-electron chi connectivity index (χ2n) is 8.02. The Morgan fingerprint density at radius 3 is 2.21 bits per heavy atom. The molecule has 8 heteroatoms. The zero-order chi connectivity index (χ0) is 24.3. The number of rotatable bonds is 3. The number of likely N-dealkylation sites (N-methyl/N-ethyl adjacent to an activating group) is 1. The van der Waals surface area contributed by atoms with E-state index in [-0.39, 0.29) is 22.6 Å². The number of hydrogen-bond donors (Lipinski definition) is 1. The molecule has 0 aliphatic carbocycles. The molecule has 0 atom stereocenters. The summed E-state index contributed by atoms with van der Waals surface area (Å²) in [6.07, 6.45) is 0. The lowest BCUT2D eigenvalue weighted by molar-refractivity contribution is 0.0587. The molecular weight excluding hydrogens is 422 g/mol. The molecular formula is C25H27N3O5. The molecule has 0 saturated heterocycles. The number of allylic oxidation sites excluding steroid dienone is 1. The molecule has 3 aromatic rings. The van der Waals surface area contributed by atoms with Crippen LogP contribution in [0.2, 0.25) is 0 Å². The molecule has 172 valence electrons. The van der Waals surface area contributed by atoms with Crippen LogP contribution in [0.5, 0.6) is 0 Å². The molecule has 0 fully saturated rings. The van der Waals surface area contributed by atoms with Gasteiger partial charge in [0.1, 0.15) is 5.69 Å². The Labute approximate surface area is 192 Å². The van der Waals surface area contributed by atoms with Crippen molar-refractivity contribution < 1.29 is 19.1 Å². The minimum Gasteiger partial charge on any atom is -0.465 e. The summed E-state index contributed by atoms with van der Waals surface area (Å²) in [4.78, 5) is 36.4. The van der Waals surface area contributed by atoms with Gasteiger partial charge in [0.25, 0.3) is 5.56 Å². The van der Waals surface area contributed by atoms with E-state index in [9.17, 15) is 14.4 Å². The number of nitrogens with zero attached hydrogens (tertiary/aromatic N) is 2. The average Bonchev–Trinajstić information content (AvgIpc) is 3.30. The first-order valence-corrected chi connectivity index (χ1v) is 10.2. The molecule has 0 amide bonds.